The fraction of sp³-hybridized carbons (Fsp3) is 0.438. The fourth-order valence-corrected chi connectivity index (χ4v) is 2.24. The number of amides is 1. The zero-order chi connectivity index (χ0) is 16.8. The molecule has 0 aliphatic rings. The Kier molecular flexibility index (Phi) is 5.70. The number of likely N-dealkylation sites (N-methyl/N-ethyl adjacent to an activating group) is 1. The highest BCUT2D eigenvalue weighted by Crippen LogP contribution is 2.17. The summed E-state index contributed by atoms with van der Waals surface area (Å²) in [6.07, 6.45) is 2.38. The molecule has 7 heteroatoms. The van der Waals surface area contributed by atoms with Gasteiger partial charge in [0.15, 0.2) is 0 Å². The summed E-state index contributed by atoms with van der Waals surface area (Å²) < 4.78 is 6.72. The van der Waals surface area contributed by atoms with Crippen molar-refractivity contribution in [3.05, 3.63) is 52.3 Å². The molecule has 2 aromatic rings. The van der Waals surface area contributed by atoms with Gasteiger partial charge in [-0.1, -0.05) is 6.92 Å². The van der Waals surface area contributed by atoms with E-state index in [1.807, 2.05) is 38.1 Å². The average Bonchev–Trinajstić information content (AvgIpc) is 3.03. The molecule has 2 heterocycles. The van der Waals surface area contributed by atoms with Crippen molar-refractivity contribution >= 4 is 5.91 Å². The standard InChI is InChI=1S/C16H22N4O3/c1-4-9-20-15(21)8-7-12(18-20)16(22)17-11-13(19(2)3)14-6-5-10-23-14/h5-8,10,13H,4,9,11H2,1-3H3,(H,17,22)/t13-/m0/s1. The first-order valence-corrected chi connectivity index (χ1v) is 7.59. The second-order valence-corrected chi connectivity index (χ2v) is 5.48. The van der Waals surface area contributed by atoms with Crippen LogP contribution >= 0.6 is 0 Å². The Morgan fingerprint density at radius 1 is 1.39 bits per heavy atom. The summed E-state index contributed by atoms with van der Waals surface area (Å²) in [6.45, 7) is 2.83. The quantitative estimate of drug-likeness (QED) is 0.832. The van der Waals surface area contributed by atoms with Gasteiger partial charge in [0, 0.05) is 19.2 Å². The second kappa shape index (κ2) is 7.73. The maximum atomic E-state index is 12.3. The summed E-state index contributed by atoms with van der Waals surface area (Å²) in [4.78, 5) is 25.9. The van der Waals surface area contributed by atoms with Crippen LogP contribution in [0.3, 0.4) is 0 Å². The van der Waals surface area contributed by atoms with E-state index in [9.17, 15) is 9.59 Å². The van der Waals surface area contributed by atoms with Crippen LogP contribution in [-0.2, 0) is 6.54 Å². The molecule has 0 aliphatic heterocycles. The highest BCUT2D eigenvalue weighted by Gasteiger charge is 2.19. The first-order chi connectivity index (χ1) is 11.0. The number of hydrogen-bond acceptors (Lipinski definition) is 5. The van der Waals surface area contributed by atoms with Gasteiger partial charge in [-0.05, 0) is 38.7 Å². The van der Waals surface area contributed by atoms with Gasteiger partial charge in [-0.2, -0.15) is 5.10 Å². The molecule has 1 N–H and O–H groups in total. The van der Waals surface area contributed by atoms with E-state index in [1.165, 1.54) is 16.8 Å². The molecule has 1 atom stereocenters. The van der Waals surface area contributed by atoms with Gasteiger partial charge in [0.25, 0.3) is 11.5 Å². The van der Waals surface area contributed by atoms with Crippen molar-refractivity contribution in [1.29, 1.82) is 0 Å². The van der Waals surface area contributed by atoms with Crippen LogP contribution in [0.25, 0.3) is 0 Å². The molecular weight excluding hydrogens is 296 g/mol. The number of rotatable bonds is 7. The molecule has 0 spiro atoms. The summed E-state index contributed by atoms with van der Waals surface area (Å²) in [7, 11) is 3.83. The van der Waals surface area contributed by atoms with E-state index in [0.29, 0.717) is 13.1 Å². The van der Waals surface area contributed by atoms with Crippen LogP contribution in [0.5, 0.6) is 0 Å². The van der Waals surface area contributed by atoms with E-state index in [2.05, 4.69) is 10.4 Å². The molecule has 0 saturated heterocycles. The minimum absolute atomic E-state index is 0.0736. The summed E-state index contributed by atoms with van der Waals surface area (Å²) in [5.74, 6) is 0.465. The number of aryl methyl sites for hydroxylation is 1. The molecule has 0 radical (unpaired) electrons. The molecule has 0 aliphatic carbocycles. The molecule has 2 rings (SSSR count). The first kappa shape index (κ1) is 17.0. The normalized spacial score (nSPS) is 12.3. The van der Waals surface area contributed by atoms with Crippen LogP contribution in [0.2, 0.25) is 0 Å². The van der Waals surface area contributed by atoms with Crippen molar-refractivity contribution in [2.45, 2.75) is 25.9 Å². The Morgan fingerprint density at radius 3 is 2.78 bits per heavy atom. The minimum atomic E-state index is -0.312. The largest absolute Gasteiger partial charge is 0.468 e. The molecule has 0 fully saturated rings. The molecule has 2 aromatic heterocycles. The number of furan rings is 1. The number of nitrogens with zero attached hydrogens (tertiary/aromatic N) is 3. The van der Waals surface area contributed by atoms with Crippen LogP contribution in [0.15, 0.2) is 39.7 Å². The third kappa shape index (κ3) is 4.29. The van der Waals surface area contributed by atoms with E-state index >= 15 is 0 Å². The molecular formula is C16H22N4O3. The van der Waals surface area contributed by atoms with Gasteiger partial charge in [-0.25, -0.2) is 4.68 Å². The van der Waals surface area contributed by atoms with Crippen molar-refractivity contribution < 1.29 is 9.21 Å². The van der Waals surface area contributed by atoms with Crippen molar-refractivity contribution in [2.75, 3.05) is 20.6 Å². The van der Waals surface area contributed by atoms with Crippen LogP contribution in [0.4, 0.5) is 0 Å². The lowest BCUT2D eigenvalue weighted by Crippen LogP contribution is -2.35. The predicted molar refractivity (Wildman–Crippen MR) is 86.3 cm³/mol. The SMILES string of the molecule is CCCn1nc(C(=O)NC[C@@H](c2ccco2)N(C)C)ccc1=O. The number of aromatic nitrogens is 2. The first-order valence-electron chi connectivity index (χ1n) is 7.59. The van der Waals surface area contributed by atoms with Crippen molar-refractivity contribution in [1.82, 2.24) is 20.0 Å². The van der Waals surface area contributed by atoms with Crippen LogP contribution in [0, 0.1) is 0 Å². The van der Waals surface area contributed by atoms with Crippen molar-refractivity contribution in [3.63, 3.8) is 0 Å². The summed E-state index contributed by atoms with van der Waals surface area (Å²) in [5.41, 5.74) is 0.0279. The molecule has 0 saturated carbocycles. The molecule has 0 bridgehead atoms. The lowest BCUT2D eigenvalue weighted by atomic mass is 10.2. The van der Waals surface area contributed by atoms with Gasteiger partial charge < -0.3 is 9.73 Å². The summed E-state index contributed by atoms with van der Waals surface area (Å²) >= 11 is 0. The second-order valence-electron chi connectivity index (χ2n) is 5.48. The van der Waals surface area contributed by atoms with Crippen LogP contribution < -0.4 is 10.9 Å². The van der Waals surface area contributed by atoms with Gasteiger partial charge in [0.1, 0.15) is 11.5 Å². The topological polar surface area (TPSA) is 80.4 Å². The lowest BCUT2D eigenvalue weighted by Gasteiger charge is -2.22. The van der Waals surface area contributed by atoms with E-state index in [1.54, 1.807) is 6.26 Å². The van der Waals surface area contributed by atoms with E-state index < -0.39 is 0 Å². The Bertz CT molecular complexity index is 692. The zero-order valence-electron chi connectivity index (χ0n) is 13.7. The number of nitrogens with one attached hydrogen (secondary N) is 1. The van der Waals surface area contributed by atoms with Gasteiger partial charge in [-0.15, -0.1) is 0 Å². The number of carbonyl (C=O) groups is 1. The zero-order valence-corrected chi connectivity index (χ0v) is 13.7. The van der Waals surface area contributed by atoms with Crippen LogP contribution in [-0.4, -0.2) is 41.2 Å². The monoisotopic (exact) mass is 318 g/mol. The molecule has 7 nitrogen and oxygen atoms in total. The molecule has 0 aromatic carbocycles. The molecule has 0 unspecified atom stereocenters. The Hall–Kier alpha value is -2.41. The highest BCUT2D eigenvalue weighted by molar-refractivity contribution is 5.92. The van der Waals surface area contributed by atoms with E-state index in [4.69, 9.17) is 4.42 Å². The lowest BCUT2D eigenvalue weighted by molar-refractivity contribution is 0.0931. The third-order valence-corrected chi connectivity index (χ3v) is 3.49. The van der Waals surface area contributed by atoms with E-state index in [-0.39, 0.29) is 23.2 Å². The van der Waals surface area contributed by atoms with Crippen molar-refractivity contribution in [3.8, 4) is 0 Å². The molecule has 1 amide bonds. The Morgan fingerprint density at radius 2 is 2.17 bits per heavy atom. The molecule has 124 valence electrons. The van der Waals surface area contributed by atoms with Crippen molar-refractivity contribution in [2.24, 2.45) is 0 Å². The third-order valence-electron chi connectivity index (χ3n) is 3.49. The summed E-state index contributed by atoms with van der Waals surface area (Å²) in [6, 6.07) is 6.43. The van der Waals surface area contributed by atoms with Gasteiger partial charge in [-0.3, -0.25) is 14.5 Å². The predicted octanol–water partition coefficient (Wildman–Crippen LogP) is 1.28. The molecule has 23 heavy (non-hydrogen) atoms. The average molecular weight is 318 g/mol. The Balaban J connectivity index is 2.06. The number of hydrogen-bond donors (Lipinski definition) is 1. The Labute approximate surface area is 134 Å². The van der Waals surface area contributed by atoms with Crippen LogP contribution in [0.1, 0.15) is 35.6 Å². The summed E-state index contributed by atoms with van der Waals surface area (Å²) in [5, 5.41) is 6.94. The number of carbonyl (C=O) groups excluding carboxylic acids is 1. The highest BCUT2D eigenvalue weighted by atomic mass is 16.3. The van der Waals surface area contributed by atoms with E-state index in [0.717, 1.165) is 12.2 Å². The maximum absolute atomic E-state index is 12.3. The van der Waals surface area contributed by atoms with Gasteiger partial charge in [0.05, 0.1) is 12.3 Å². The van der Waals surface area contributed by atoms with Gasteiger partial charge in [0.2, 0.25) is 0 Å². The minimum Gasteiger partial charge on any atom is -0.468 e. The maximum Gasteiger partial charge on any atom is 0.271 e. The smallest absolute Gasteiger partial charge is 0.271 e. The fourth-order valence-electron chi connectivity index (χ4n) is 2.24. The van der Waals surface area contributed by atoms with Gasteiger partial charge >= 0.3 is 0 Å².